The number of nitrogens with one attached hydrogen (secondary N) is 1. The van der Waals surface area contributed by atoms with E-state index in [1.54, 1.807) is 12.1 Å². The number of carbonyl (C=O) groups excluding carboxylic acids is 1. The molecular formula is C20H19N3O3S. The summed E-state index contributed by atoms with van der Waals surface area (Å²) in [4.78, 5) is 23.8. The van der Waals surface area contributed by atoms with Gasteiger partial charge in [-0.2, -0.15) is 5.26 Å². The lowest BCUT2D eigenvalue weighted by Crippen LogP contribution is -2.12. The Hall–Kier alpha value is -2.98. The molecule has 0 bridgehead atoms. The molecule has 0 saturated heterocycles. The number of fused-ring (bicyclic) bond motifs is 1. The number of carbonyl (C=O) groups is 1. The fourth-order valence-corrected chi connectivity index (χ4v) is 4.59. The van der Waals surface area contributed by atoms with Gasteiger partial charge in [-0.1, -0.05) is 25.5 Å². The maximum atomic E-state index is 12.3. The van der Waals surface area contributed by atoms with E-state index >= 15 is 0 Å². The summed E-state index contributed by atoms with van der Waals surface area (Å²) in [6.07, 6.45) is 6.89. The van der Waals surface area contributed by atoms with Crippen molar-refractivity contribution in [2.75, 3.05) is 5.32 Å². The lowest BCUT2D eigenvalue weighted by molar-refractivity contribution is -0.384. The molecular weight excluding hydrogens is 362 g/mol. The number of anilines is 1. The number of non-ortho nitro benzene ring substituents is 1. The Morgan fingerprint density at radius 3 is 3.04 bits per heavy atom. The third-order valence-electron chi connectivity index (χ3n) is 4.80. The van der Waals surface area contributed by atoms with E-state index < -0.39 is 4.92 Å². The van der Waals surface area contributed by atoms with Crippen LogP contribution in [-0.4, -0.2) is 10.8 Å². The van der Waals surface area contributed by atoms with Gasteiger partial charge in [-0.05, 0) is 42.4 Å². The van der Waals surface area contributed by atoms with Gasteiger partial charge in [0.15, 0.2) is 0 Å². The molecule has 0 fully saturated rings. The number of nitrogens with zero attached hydrogens (tertiary/aromatic N) is 2. The summed E-state index contributed by atoms with van der Waals surface area (Å²) in [6, 6.07) is 8.29. The molecule has 1 N–H and O–H groups in total. The molecule has 1 aromatic heterocycles. The first kappa shape index (κ1) is 18.8. The van der Waals surface area contributed by atoms with Crippen LogP contribution in [0.1, 0.15) is 41.3 Å². The maximum absolute atomic E-state index is 12.3. The summed E-state index contributed by atoms with van der Waals surface area (Å²) in [5, 5.41) is 23.7. The van der Waals surface area contributed by atoms with Crippen LogP contribution >= 0.6 is 11.3 Å². The molecule has 0 saturated carbocycles. The number of rotatable bonds is 5. The lowest BCUT2D eigenvalue weighted by Gasteiger charge is -2.20. The van der Waals surface area contributed by atoms with Crippen LogP contribution in [0.4, 0.5) is 10.7 Å². The van der Waals surface area contributed by atoms with Gasteiger partial charge >= 0.3 is 0 Å². The summed E-state index contributed by atoms with van der Waals surface area (Å²) in [5.74, 6) is 0.281. The number of thiophene rings is 1. The van der Waals surface area contributed by atoms with E-state index in [4.69, 9.17) is 0 Å². The van der Waals surface area contributed by atoms with Crippen LogP contribution in [0.3, 0.4) is 0 Å². The van der Waals surface area contributed by atoms with E-state index in [9.17, 15) is 20.2 Å². The fourth-order valence-electron chi connectivity index (χ4n) is 3.28. The summed E-state index contributed by atoms with van der Waals surface area (Å²) in [6.45, 7) is 2.18. The van der Waals surface area contributed by atoms with Crippen molar-refractivity contribution in [1.82, 2.24) is 0 Å². The molecule has 6 nitrogen and oxygen atoms in total. The number of nitro benzene ring substituents is 1. The van der Waals surface area contributed by atoms with Gasteiger partial charge in [0.05, 0.1) is 10.5 Å². The van der Waals surface area contributed by atoms with Gasteiger partial charge in [0.25, 0.3) is 5.69 Å². The van der Waals surface area contributed by atoms with Crippen LogP contribution in [0.15, 0.2) is 30.3 Å². The average Bonchev–Trinajstić information content (AvgIpc) is 3.02. The number of amides is 1. The molecule has 3 rings (SSSR count). The van der Waals surface area contributed by atoms with Gasteiger partial charge in [-0.15, -0.1) is 11.3 Å². The zero-order valence-corrected chi connectivity index (χ0v) is 15.7. The standard InChI is InChI=1S/C20H19N3O3S/c1-2-13-6-8-16-17(12-21)20(27-18(16)11-13)22-19(24)9-7-14-4-3-5-15(10-14)23(25)26/h3-5,7,9-10,13H,2,6,8,11H2,1H3,(H,22,24)/b9-7+. The highest BCUT2D eigenvalue weighted by molar-refractivity contribution is 7.16. The summed E-state index contributed by atoms with van der Waals surface area (Å²) < 4.78 is 0. The smallest absolute Gasteiger partial charge is 0.270 e. The molecule has 1 heterocycles. The van der Waals surface area contributed by atoms with E-state index in [-0.39, 0.29) is 11.6 Å². The van der Waals surface area contributed by atoms with Crippen molar-refractivity contribution in [2.45, 2.75) is 32.6 Å². The second-order valence-electron chi connectivity index (χ2n) is 6.51. The molecule has 0 aliphatic heterocycles. The van der Waals surface area contributed by atoms with Crippen molar-refractivity contribution < 1.29 is 9.72 Å². The van der Waals surface area contributed by atoms with Crippen LogP contribution < -0.4 is 5.32 Å². The molecule has 7 heteroatoms. The molecule has 1 amide bonds. The number of nitro groups is 1. The summed E-state index contributed by atoms with van der Waals surface area (Å²) in [7, 11) is 0. The highest BCUT2D eigenvalue weighted by atomic mass is 32.1. The zero-order valence-electron chi connectivity index (χ0n) is 14.9. The predicted octanol–water partition coefficient (Wildman–Crippen LogP) is 4.69. The van der Waals surface area contributed by atoms with Gasteiger partial charge in [0, 0.05) is 23.1 Å². The van der Waals surface area contributed by atoms with E-state index in [0.717, 1.165) is 31.2 Å². The van der Waals surface area contributed by atoms with Crippen molar-refractivity contribution in [3.63, 3.8) is 0 Å². The highest BCUT2D eigenvalue weighted by Crippen LogP contribution is 2.40. The Morgan fingerprint density at radius 1 is 1.52 bits per heavy atom. The van der Waals surface area contributed by atoms with Gasteiger partial charge in [0.2, 0.25) is 5.91 Å². The Kier molecular flexibility index (Phi) is 5.67. The number of hydrogen-bond donors (Lipinski definition) is 1. The monoisotopic (exact) mass is 381 g/mol. The van der Waals surface area contributed by atoms with E-state index in [1.165, 1.54) is 40.5 Å². The minimum atomic E-state index is -0.476. The molecule has 0 radical (unpaired) electrons. The first-order valence-electron chi connectivity index (χ1n) is 8.80. The first-order chi connectivity index (χ1) is 13.0. The van der Waals surface area contributed by atoms with E-state index in [2.05, 4.69) is 18.3 Å². The predicted molar refractivity (Wildman–Crippen MR) is 106 cm³/mol. The topological polar surface area (TPSA) is 96.0 Å². The average molecular weight is 381 g/mol. The number of benzene rings is 1. The fraction of sp³-hybridized carbons (Fsp3) is 0.300. The van der Waals surface area contributed by atoms with Gasteiger partial charge in [-0.3, -0.25) is 14.9 Å². The Morgan fingerprint density at radius 2 is 2.33 bits per heavy atom. The van der Waals surface area contributed by atoms with Gasteiger partial charge in [-0.25, -0.2) is 0 Å². The SMILES string of the molecule is CCC1CCc2c(sc(NC(=O)/C=C/c3cccc([N+](=O)[O-])c3)c2C#N)C1. The molecule has 1 aliphatic carbocycles. The third-order valence-corrected chi connectivity index (χ3v) is 5.97. The van der Waals surface area contributed by atoms with Crippen molar-refractivity contribution in [3.8, 4) is 6.07 Å². The summed E-state index contributed by atoms with van der Waals surface area (Å²) in [5.41, 5.74) is 2.18. The molecule has 1 atom stereocenters. The third kappa shape index (κ3) is 4.23. The van der Waals surface area contributed by atoms with E-state index in [1.807, 2.05) is 0 Å². The summed E-state index contributed by atoms with van der Waals surface area (Å²) >= 11 is 1.48. The molecule has 138 valence electrons. The molecule has 1 unspecified atom stereocenters. The minimum absolute atomic E-state index is 0.0271. The van der Waals surface area contributed by atoms with Crippen LogP contribution in [0.25, 0.3) is 6.08 Å². The lowest BCUT2D eigenvalue weighted by atomic mass is 9.86. The first-order valence-corrected chi connectivity index (χ1v) is 9.61. The van der Waals surface area contributed by atoms with E-state index in [0.29, 0.717) is 22.0 Å². The van der Waals surface area contributed by atoms with Crippen molar-refractivity contribution in [1.29, 1.82) is 5.26 Å². The molecule has 27 heavy (non-hydrogen) atoms. The van der Waals surface area contributed by atoms with Crippen LogP contribution in [-0.2, 0) is 17.6 Å². The number of nitriles is 1. The molecule has 1 aliphatic rings. The maximum Gasteiger partial charge on any atom is 0.270 e. The van der Waals surface area contributed by atoms with Crippen LogP contribution in [0.5, 0.6) is 0 Å². The largest absolute Gasteiger partial charge is 0.313 e. The Balaban J connectivity index is 1.75. The minimum Gasteiger partial charge on any atom is -0.313 e. The van der Waals surface area contributed by atoms with Gasteiger partial charge in [0.1, 0.15) is 11.1 Å². The quantitative estimate of drug-likeness (QED) is 0.461. The second kappa shape index (κ2) is 8.14. The van der Waals surface area contributed by atoms with Crippen molar-refractivity contribution in [2.24, 2.45) is 5.92 Å². The molecule has 1 aromatic carbocycles. The second-order valence-corrected chi connectivity index (χ2v) is 7.62. The molecule has 0 spiro atoms. The van der Waals surface area contributed by atoms with Crippen LogP contribution in [0, 0.1) is 27.4 Å². The van der Waals surface area contributed by atoms with Gasteiger partial charge < -0.3 is 5.32 Å². The van der Waals surface area contributed by atoms with Crippen LogP contribution in [0.2, 0.25) is 0 Å². The molecule has 2 aromatic rings. The Labute approximate surface area is 161 Å². The van der Waals surface area contributed by atoms with Crippen molar-refractivity contribution >= 4 is 34.0 Å². The normalized spacial score (nSPS) is 15.9. The highest BCUT2D eigenvalue weighted by Gasteiger charge is 2.25. The number of hydrogen-bond acceptors (Lipinski definition) is 5. The Bertz CT molecular complexity index is 956. The van der Waals surface area contributed by atoms with Crippen molar-refractivity contribution in [3.05, 3.63) is 62.0 Å². The zero-order chi connectivity index (χ0) is 19.4.